The van der Waals surface area contributed by atoms with Crippen molar-refractivity contribution in [1.29, 1.82) is 0 Å². The van der Waals surface area contributed by atoms with Gasteiger partial charge in [-0.2, -0.15) is 0 Å². The average Bonchev–Trinajstić information content (AvgIpc) is 2.54. The van der Waals surface area contributed by atoms with Gasteiger partial charge < -0.3 is 10.4 Å². The maximum atomic E-state index is 8.63. The van der Waals surface area contributed by atoms with Crippen LogP contribution in [0.15, 0.2) is 18.9 Å². The normalized spacial score (nSPS) is 10.2. The van der Waals surface area contributed by atoms with Crippen LogP contribution in [0.5, 0.6) is 0 Å². The topological polar surface area (TPSA) is 63.0 Å². The predicted molar refractivity (Wildman–Crippen MR) is 49.0 cm³/mol. The van der Waals surface area contributed by atoms with Crippen LogP contribution in [0.3, 0.4) is 0 Å². The van der Waals surface area contributed by atoms with Gasteiger partial charge in [0, 0.05) is 19.3 Å². The molecule has 0 radical (unpaired) electrons. The molecule has 0 unspecified atom stereocenters. The Kier molecular flexibility index (Phi) is 4.14. The van der Waals surface area contributed by atoms with Crippen molar-refractivity contribution < 1.29 is 5.11 Å². The Balaban J connectivity index is 2.35. The van der Waals surface area contributed by atoms with Crippen LogP contribution >= 0.6 is 0 Å². The number of aromatic nitrogens is 3. The van der Waals surface area contributed by atoms with Crippen molar-refractivity contribution in [2.75, 3.05) is 13.2 Å². The number of hydrogen-bond acceptors (Lipinski definition) is 4. The van der Waals surface area contributed by atoms with Crippen LogP contribution < -0.4 is 5.32 Å². The van der Waals surface area contributed by atoms with E-state index in [4.69, 9.17) is 5.11 Å². The van der Waals surface area contributed by atoms with E-state index in [1.807, 2.05) is 6.20 Å². The van der Waals surface area contributed by atoms with Crippen molar-refractivity contribution in [1.82, 2.24) is 20.3 Å². The number of hydrogen-bond donors (Lipinski definition) is 2. The first-order chi connectivity index (χ1) is 6.36. The molecule has 0 fully saturated rings. The lowest BCUT2D eigenvalue weighted by Crippen LogP contribution is -2.12. The third-order valence-electron chi connectivity index (χ3n) is 1.51. The summed E-state index contributed by atoms with van der Waals surface area (Å²) < 4.78 is 1.62. The zero-order chi connectivity index (χ0) is 9.52. The number of nitrogens with zero attached hydrogens (tertiary/aromatic N) is 3. The fourth-order valence-corrected chi connectivity index (χ4v) is 0.934. The molecule has 0 bridgehead atoms. The molecule has 0 aliphatic carbocycles. The quantitative estimate of drug-likeness (QED) is 0.462. The average molecular weight is 182 g/mol. The molecule has 72 valence electrons. The lowest BCUT2D eigenvalue weighted by Gasteiger charge is -1.95. The second-order valence-electron chi connectivity index (χ2n) is 2.62. The van der Waals surface area contributed by atoms with Gasteiger partial charge in [0.2, 0.25) is 0 Å². The standard InChI is InChI=1S/C8H14N4O/c1-2-3-9-6-8-7-12(4-5-13)11-10-8/h2,7,9,13H,1,3-6H2. The van der Waals surface area contributed by atoms with E-state index in [9.17, 15) is 0 Å². The van der Waals surface area contributed by atoms with E-state index in [1.54, 1.807) is 10.8 Å². The third kappa shape index (κ3) is 3.35. The molecule has 13 heavy (non-hydrogen) atoms. The Hall–Kier alpha value is -1.20. The molecule has 0 saturated carbocycles. The van der Waals surface area contributed by atoms with Gasteiger partial charge in [0.05, 0.1) is 18.8 Å². The maximum absolute atomic E-state index is 8.63. The van der Waals surface area contributed by atoms with Gasteiger partial charge in [0.25, 0.3) is 0 Å². The molecule has 5 nitrogen and oxygen atoms in total. The number of aliphatic hydroxyl groups is 1. The summed E-state index contributed by atoms with van der Waals surface area (Å²) in [6, 6.07) is 0. The molecular weight excluding hydrogens is 168 g/mol. The van der Waals surface area contributed by atoms with Crippen molar-refractivity contribution >= 4 is 0 Å². The molecular formula is C8H14N4O. The predicted octanol–water partition coefficient (Wildman–Crippen LogP) is -0.454. The first-order valence-corrected chi connectivity index (χ1v) is 4.18. The fourth-order valence-electron chi connectivity index (χ4n) is 0.934. The maximum Gasteiger partial charge on any atom is 0.0964 e. The zero-order valence-corrected chi connectivity index (χ0v) is 7.48. The Labute approximate surface area is 77.1 Å². The van der Waals surface area contributed by atoms with Crippen LogP contribution in [0.2, 0.25) is 0 Å². The van der Waals surface area contributed by atoms with Crippen LogP contribution in [-0.2, 0) is 13.1 Å². The highest BCUT2D eigenvalue weighted by atomic mass is 16.3. The first kappa shape index (κ1) is 9.88. The van der Waals surface area contributed by atoms with E-state index in [1.165, 1.54) is 0 Å². The highest BCUT2D eigenvalue weighted by molar-refractivity contribution is 4.91. The Morgan fingerprint density at radius 2 is 2.54 bits per heavy atom. The molecule has 1 aromatic rings. The van der Waals surface area contributed by atoms with Crippen molar-refractivity contribution in [2.45, 2.75) is 13.1 Å². The van der Waals surface area contributed by atoms with Crippen LogP contribution in [0.25, 0.3) is 0 Å². The van der Waals surface area contributed by atoms with Gasteiger partial charge in [0.1, 0.15) is 0 Å². The summed E-state index contributed by atoms with van der Waals surface area (Å²) in [6.45, 7) is 5.61. The summed E-state index contributed by atoms with van der Waals surface area (Å²) in [5.41, 5.74) is 0.871. The fraction of sp³-hybridized carbons (Fsp3) is 0.500. The van der Waals surface area contributed by atoms with Gasteiger partial charge in [-0.15, -0.1) is 11.7 Å². The van der Waals surface area contributed by atoms with Gasteiger partial charge in [-0.25, -0.2) is 4.68 Å². The molecule has 0 spiro atoms. The summed E-state index contributed by atoms with van der Waals surface area (Å²) in [5, 5.41) is 19.5. The van der Waals surface area contributed by atoms with E-state index in [0.717, 1.165) is 12.2 Å². The molecule has 0 aliphatic rings. The highest BCUT2D eigenvalue weighted by Gasteiger charge is 1.98. The van der Waals surface area contributed by atoms with Gasteiger partial charge in [-0.3, -0.25) is 0 Å². The number of nitrogens with one attached hydrogen (secondary N) is 1. The SMILES string of the molecule is C=CCNCc1cn(CCO)nn1. The van der Waals surface area contributed by atoms with E-state index in [2.05, 4.69) is 22.2 Å². The Bertz CT molecular complexity index is 258. The van der Waals surface area contributed by atoms with Gasteiger partial charge in [-0.1, -0.05) is 11.3 Å². The first-order valence-electron chi connectivity index (χ1n) is 4.18. The van der Waals surface area contributed by atoms with Crippen molar-refractivity contribution in [3.8, 4) is 0 Å². The lowest BCUT2D eigenvalue weighted by atomic mass is 10.4. The lowest BCUT2D eigenvalue weighted by molar-refractivity contribution is 0.268. The summed E-state index contributed by atoms with van der Waals surface area (Å²) in [6.07, 6.45) is 3.60. The van der Waals surface area contributed by atoms with Crippen molar-refractivity contribution in [3.63, 3.8) is 0 Å². The third-order valence-corrected chi connectivity index (χ3v) is 1.51. The molecule has 2 N–H and O–H groups in total. The van der Waals surface area contributed by atoms with E-state index >= 15 is 0 Å². The minimum Gasteiger partial charge on any atom is -0.394 e. The van der Waals surface area contributed by atoms with Crippen molar-refractivity contribution in [3.05, 3.63) is 24.5 Å². The molecule has 0 saturated heterocycles. The van der Waals surface area contributed by atoms with Crippen LogP contribution in [0, 0.1) is 0 Å². The van der Waals surface area contributed by atoms with Crippen LogP contribution in [0.1, 0.15) is 5.69 Å². The highest BCUT2D eigenvalue weighted by Crippen LogP contribution is 1.91. The monoisotopic (exact) mass is 182 g/mol. The molecule has 1 heterocycles. The van der Waals surface area contributed by atoms with Gasteiger partial charge in [-0.05, 0) is 0 Å². The molecule has 1 aromatic heterocycles. The molecule has 0 aliphatic heterocycles. The van der Waals surface area contributed by atoms with Crippen LogP contribution in [-0.4, -0.2) is 33.3 Å². The second-order valence-corrected chi connectivity index (χ2v) is 2.62. The summed E-state index contributed by atoms with van der Waals surface area (Å²) in [4.78, 5) is 0. The second kappa shape index (κ2) is 5.45. The number of aliphatic hydroxyl groups excluding tert-OH is 1. The summed E-state index contributed by atoms with van der Waals surface area (Å²) >= 11 is 0. The largest absolute Gasteiger partial charge is 0.394 e. The summed E-state index contributed by atoms with van der Waals surface area (Å²) in [7, 11) is 0. The smallest absolute Gasteiger partial charge is 0.0964 e. The molecule has 0 amide bonds. The minimum atomic E-state index is 0.0862. The van der Waals surface area contributed by atoms with E-state index in [0.29, 0.717) is 13.1 Å². The Morgan fingerprint density at radius 3 is 3.23 bits per heavy atom. The molecule has 0 aromatic carbocycles. The van der Waals surface area contributed by atoms with E-state index < -0.39 is 0 Å². The molecule has 1 rings (SSSR count). The Morgan fingerprint density at radius 1 is 1.69 bits per heavy atom. The van der Waals surface area contributed by atoms with Crippen LogP contribution in [0.4, 0.5) is 0 Å². The summed E-state index contributed by atoms with van der Waals surface area (Å²) in [5.74, 6) is 0. The van der Waals surface area contributed by atoms with Gasteiger partial charge in [0.15, 0.2) is 0 Å². The molecule has 0 atom stereocenters. The minimum absolute atomic E-state index is 0.0862. The zero-order valence-electron chi connectivity index (χ0n) is 7.48. The number of rotatable bonds is 6. The van der Waals surface area contributed by atoms with E-state index in [-0.39, 0.29) is 6.61 Å². The van der Waals surface area contributed by atoms with Crippen molar-refractivity contribution in [2.24, 2.45) is 0 Å². The molecule has 5 heteroatoms. The van der Waals surface area contributed by atoms with Gasteiger partial charge >= 0.3 is 0 Å².